The molecule has 5 aromatic rings. The van der Waals surface area contributed by atoms with Gasteiger partial charge in [0, 0.05) is 39.5 Å². The van der Waals surface area contributed by atoms with E-state index >= 15 is 0 Å². The molecule has 0 fully saturated rings. The first-order valence-corrected chi connectivity index (χ1v) is 32.5. The van der Waals surface area contributed by atoms with Gasteiger partial charge in [-0.3, -0.25) is 0 Å². The molecule has 6 heteroatoms. The number of ether oxygens (including phenoxy) is 3. The SMILES string of the molecule is C/C(=C/c1ccc(COCCCCCCCCCCOCCCCCCCCCCCCNCc2cc(C(C)(C)C)cc(C(C)(C)C)c2)cc1)c1ccc(CNCc2ccc(COC(=O)c3cc(C(C)(C)C)cc(C(C)(C)C)c3)cc2)cc1. The molecule has 0 spiro atoms. The van der Waals surface area contributed by atoms with Gasteiger partial charge < -0.3 is 24.8 Å². The van der Waals surface area contributed by atoms with Crippen molar-refractivity contribution in [1.29, 1.82) is 0 Å². The van der Waals surface area contributed by atoms with Crippen LogP contribution in [-0.4, -0.2) is 32.3 Å². The topological polar surface area (TPSA) is 68.8 Å². The Kier molecular flexibility index (Phi) is 29.5. The van der Waals surface area contributed by atoms with E-state index in [-0.39, 0.29) is 34.2 Å². The number of benzene rings is 5. The number of esters is 1. The molecule has 6 nitrogen and oxygen atoms in total. The molecule has 0 radical (unpaired) electrons. The van der Waals surface area contributed by atoms with Crippen LogP contribution in [0.3, 0.4) is 0 Å². The third-order valence-electron chi connectivity index (χ3n) is 16.3. The van der Waals surface area contributed by atoms with E-state index in [4.69, 9.17) is 14.2 Å². The molecule has 0 atom stereocenters. The molecule has 0 saturated heterocycles. The summed E-state index contributed by atoms with van der Waals surface area (Å²) in [5.74, 6) is -0.285. The van der Waals surface area contributed by atoms with Crippen molar-refractivity contribution in [3.63, 3.8) is 0 Å². The fourth-order valence-electron chi connectivity index (χ4n) is 10.4. The van der Waals surface area contributed by atoms with Gasteiger partial charge in [0.1, 0.15) is 6.61 Å². The molecule has 0 saturated carbocycles. The van der Waals surface area contributed by atoms with Crippen LogP contribution in [0.2, 0.25) is 0 Å². The van der Waals surface area contributed by atoms with Crippen molar-refractivity contribution < 1.29 is 19.0 Å². The van der Waals surface area contributed by atoms with Crippen molar-refractivity contribution in [3.8, 4) is 0 Å². The van der Waals surface area contributed by atoms with Crippen molar-refractivity contribution in [2.75, 3.05) is 26.4 Å². The van der Waals surface area contributed by atoms with Crippen LogP contribution < -0.4 is 10.6 Å². The van der Waals surface area contributed by atoms with E-state index in [1.54, 1.807) is 0 Å². The second-order valence-corrected chi connectivity index (χ2v) is 28.2. The second-order valence-electron chi connectivity index (χ2n) is 28.2. The molecule has 456 valence electrons. The average Bonchev–Trinajstić information content (AvgIpc) is 3.59. The number of allylic oxidation sites excluding steroid dienone is 1. The summed E-state index contributed by atoms with van der Waals surface area (Å²) in [6.07, 6.45) is 25.9. The molecule has 0 aliphatic carbocycles. The summed E-state index contributed by atoms with van der Waals surface area (Å²) in [4.78, 5) is 13.2. The van der Waals surface area contributed by atoms with Crippen LogP contribution in [0.15, 0.2) is 109 Å². The normalized spacial score (nSPS) is 12.6. The smallest absolute Gasteiger partial charge is 0.338 e. The van der Waals surface area contributed by atoms with Gasteiger partial charge in [0.05, 0.1) is 12.2 Å². The summed E-state index contributed by atoms with van der Waals surface area (Å²) in [5.41, 5.74) is 15.7. The average molecular weight is 1130 g/mol. The van der Waals surface area contributed by atoms with Gasteiger partial charge >= 0.3 is 5.97 Å². The molecule has 0 unspecified atom stereocenters. The Bertz CT molecular complexity index is 2570. The first-order chi connectivity index (χ1) is 39.5. The van der Waals surface area contributed by atoms with Crippen molar-refractivity contribution >= 4 is 17.6 Å². The van der Waals surface area contributed by atoms with E-state index in [1.807, 2.05) is 24.3 Å². The molecule has 5 aromatic carbocycles. The fraction of sp³-hybridized carbons (Fsp3) is 0.571. The molecule has 5 rings (SSSR count). The zero-order valence-corrected chi connectivity index (χ0v) is 54.7. The Morgan fingerprint density at radius 3 is 1.19 bits per heavy atom. The summed E-state index contributed by atoms with van der Waals surface area (Å²) in [6, 6.07) is 39.3. The summed E-state index contributed by atoms with van der Waals surface area (Å²) < 4.78 is 17.8. The highest BCUT2D eigenvalue weighted by Crippen LogP contribution is 2.32. The highest BCUT2D eigenvalue weighted by Gasteiger charge is 2.24. The molecule has 0 bridgehead atoms. The maximum absolute atomic E-state index is 13.2. The number of unbranched alkanes of at least 4 members (excludes halogenated alkanes) is 16. The molecular weight excluding hydrogens is 1020 g/mol. The van der Waals surface area contributed by atoms with E-state index in [9.17, 15) is 4.79 Å². The highest BCUT2D eigenvalue weighted by atomic mass is 16.5. The van der Waals surface area contributed by atoms with E-state index in [1.165, 1.54) is 159 Å². The maximum Gasteiger partial charge on any atom is 0.338 e. The van der Waals surface area contributed by atoms with Gasteiger partial charge in [-0.2, -0.15) is 0 Å². The molecule has 0 aromatic heterocycles. The largest absolute Gasteiger partial charge is 0.457 e. The van der Waals surface area contributed by atoms with Gasteiger partial charge in [-0.1, -0.05) is 276 Å². The Labute approximate surface area is 507 Å². The van der Waals surface area contributed by atoms with Crippen LogP contribution in [0.1, 0.15) is 277 Å². The summed E-state index contributed by atoms with van der Waals surface area (Å²) >= 11 is 0. The van der Waals surface area contributed by atoms with Crippen LogP contribution in [0.5, 0.6) is 0 Å². The first-order valence-electron chi connectivity index (χ1n) is 32.5. The second kappa shape index (κ2) is 35.6. The number of carbonyl (C=O) groups excluding carboxylic acids is 1. The Morgan fingerprint density at radius 1 is 0.373 bits per heavy atom. The molecule has 0 aliphatic rings. The van der Waals surface area contributed by atoms with Gasteiger partial charge in [-0.15, -0.1) is 0 Å². The molecule has 0 amide bonds. The van der Waals surface area contributed by atoms with Crippen molar-refractivity contribution in [2.45, 2.75) is 260 Å². The molecule has 83 heavy (non-hydrogen) atoms. The third-order valence-corrected chi connectivity index (χ3v) is 16.3. The van der Waals surface area contributed by atoms with Gasteiger partial charge in [-0.25, -0.2) is 4.79 Å². The zero-order chi connectivity index (χ0) is 60.1. The molecule has 0 heterocycles. The van der Waals surface area contributed by atoms with Crippen molar-refractivity contribution in [1.82, 2.24) is 10.6 Å². The minimum absolute atomic E-state index is 0.0653. The lowest BCUT2D eigenvalue weighted by atomic mass is 9.79. The van der Waals surface area contributed by atoms with Gasteiger partial charge in [0.25, 0.3) is 0 Å². The van der Waals surface area contributed by atoms with E-state index in [0.717, 1.165) is 69.1 Å². The van der Waals surface area contributed by atoms with Crippen LogP contribution >= 0.6 is 0 Å². The highest BCUT2D eigenvalue weighted by molar-refractivity contribution is 5.90. The predicted molar refractivity (Wildman–Crippen MR) is 356 cm³/mol. The lowest BCUT2D eigenvalue weighted by molar-refractivity contribution is 0.0472. The number of carbonyl (C=O) groups is 1. The first kappa shape index (κ1) is 68.9. The maximum atomic E-state index is 13.2. The number of hydrogen-bond acceptors (Lipinski definition) is 6. The van der Waals surface area contributed by atoms with Crippen LogP contribution in [-0.2, 0) is 68.7 Å². The Morgan fingerprint density at radius 2 is 0.735 bits per heavy atom. The predicted octanol–water partition coefficient (Wildman–Crippen LogP) is 20.4. The lowest BCUT2D eigenvalue weighted by Gasteiger charge is -2.26. The number of rotatable bonds is 37. The Hall–Kier alpha value is -4.85. The van der Waals surface area contributed by atoms with E-state index in [2.05, 4.69) is 192 Å². The summed E-state index contributed by atoms with van der Waals surface area (Å²) in [7, 11) is 0. The fourth-order valence-corrected chi connectivity index (χ4v) is 10.4. The number of nitrogens with one attached hydrogen (secondary N) is 2. The zero-order valence-electron chi connectivity index (χ0n) is 54.7. The quantitative estimate of drug-likeness (QED) is 0.0235. The summed E-state index contributed by atoms with van der Waals surface area (Å²) in [6.45, 7) is 36.4. The molecule has 2 N–H and O–H groups in total. The Balaban J connectivity index is 0.791. The van der Waals surface area contributed by atoms with Crippen molar-refractivity contribution in [2.24, 2.45) is 0 Å². The van der Waals surface area contributed by atoms with Gasteiger partial charge in [-0.05, 0) is 140 Å². The van der Waals surface area contributed by atoms with Gasteiger partial charge in [0.15, 0.2) is 0 Å². The van der Waals surface area contributed by atoms with Gasteiger partial charge in [0.2, 0.25) is 0 Å². The monoisotopic (exact) mass is 1130 g/mol. The third kappa shape index (κ3) is 27.4. The molecular formula is C77H114N2O4. The lowest BCUT2D eigenvalue weighted by Crippen LogP contribution is -2.19. The van der Waals surface area contributed by atoms with E-state index in [0.29, 0.717) is 12.2 Å². The molecule has 0 aliphatic heterocycles. The van der Waals surface area contributed by atoms with Crippen LogP contribution in [0.25, 0.3) is 11.6 Å². The number of hydrogen-bond donors (Lipinski definition) is 2. The minimum atomic E-state index is -0.285. The van der Waals surface area contributed by atoms with E-state index < -0.39 is 0 Å². The van der Waals surface area contributed by atoms with Crippen molar-refractivity contribution in [3.05, 3.63) is 176 Å². The van der Waals surface area contributed by atoms with Crippen LogP contribution in [0, 0.1) is 0 Å². The van der Waals surface area contributed by atoms with Crippen LogP contribution in [0.4, 0.5) is 0 Å². The summed E-state index contributed by atoms with van der Waals surface area (Å²) in [5, 5.41) is 7.31. The standard InChI is InChI=1S/C77H114N2O4/c1-60(67-42-40-63(41-43-67)56-79-55-62-34-38-65(39-35-62)59-83-73(80)68-51-71(76(8,9)10)54-72(52-68)77(11,12)13)48-61-32-36-64(37-33-61)58-82-47-31-27-23-19-18-22-26-30-46-81-45-29-25-21-17-15-14-16-20-24-28-44-78-57-66-49-69(74(2,3)4)53-70(50-66)75(5,6)7/h32-43,48-54,78-79H,14-31,44-47,55-59H2,1-13H3/b60-48-. The minimum Gasteiger partial charge on any atom is -0.457 e.